The molecule has 55 heavy (non-hydrogen) atoms. The summed E-state index contributed by atoms with van der Waals surface area (Å²) in [6, 6.07) is 11.0. The van der Waals surface area contributed by atoms with Crippen LogP contribution in [0.3, 0.4) is 0 Å². The first-order valence-electron chi connectivity index (χ1n) is 18.8. The molecule has 2 saturated heterocycles. The highest BCUT2D eigenvalue weighted by molar-refractivity contribution is 7.25. The Balaban J connectivity index is 1.09. The van der Waals surface area contributed by atoms with Gasteiger partial charge in [0.1, 0.15) is 23.7 Å². The van der Waals surface area contributed by atoms with Crippen LogP contribution in [0.4, 0.5) is 9.59 Å². The Labute approximate surface area is 323 Å². The van der Waals surface area contributed by atoms with Gasteiger partial charge in [-0.3, -0.25) is 9.59 Å². The van der Waals surface area contributed by atoms with Crippen molar-refractivity contribution in [3.05, 3.63) is 60.4 Å². The highest BCUT2D eigenvalue weighted by Crippen LogP contribution is 2.40. The number of imidazole rings is 2. The first-order valence-corrected chi connectivity index (χ1v) is 19.7. The van der Waals surface area contributed by atoms with Crippen LogP contribution in [0.2, 0.25) is 0 Å². The monoisotopic (exact) mass is 768 g/mol. The molecule has 2 aliphatic rings. The van der Waals surface area contributed by atoms with Gasteiger partial charge in [0.25, 0.3) is 0 Å². The highest BCUT2D eigenvalue weighted by Gasteiger charge is 2.39. The number of nitrogens with zero attached hydrogens (tertiary/aromatic N) is 4. The van der Waals surface area contributed by atoms with E-state index < -0.39 is 24.3 Å². The average molecular weight is 769 g/mol. The molecular weight excluding hydrogens is 721 g/mol. The fourth-order valence-corrected chi connectivity index (χ4v) is 8.99. The third-order valence-corrected chi connectivity index (χ3v) is 11.9. The van der Waals surface area contributed by atoms with Crippen LogP contribution in [0, 0.1) is 11.8 Å². The van der Waals surface area contributed by atoms with E-state index in [1.807, 2.05) is 49.9 Å². The number of benzene rings is 2. The number of H-pyrrole nitrogens is 2. The Hall–Kier alpha value is -5.44. The van der Waals surface area contributed by atoms with E-state index in [0.29, 0.717) is 13.1 Å². The molecule has 0 bridgehead atoms. The van der Waals surface area contributed by atoms with E-state index in [4.69, 9.17) is 19.4 Å². The predicted molar refractivity (Wildman–Crippen MR) is 210 cm³/mol. The number of hydrogen-bond donors (Lipinski definition) is 4. The summed E-state index contributed by atoms with van der Waals surface area (Å²) in [6.07, 6.45) is 5.65. The number of hydrogen-bond acceptors (Lipinski definition) is 9. The third kappa shape index (κ3) is 7.49. The lowest BCUT2D eigenvalue weighted by Gasteiger charge is -2.30. The topological polar surface area (TPSA) is 175 Å². The zero-order valence-corrected chi connectivity index (χ0v) is 32.8. The second kappa shape index (κ2) is 15.7. The molecule has 2 fully saturated rings. The summed E-state index contributed by atoms with van der Waals surface area (Å²) in [5.41, 5.74) is 3.73. The van der Waals surface area contributed by atoms with Crippen LogP contribution in [0.25, 0.3) is 42.7 Å². The van der Waals surface area contributed by atoms with E-state index in [-0.39, 0.29) is 35.7 Å². The number of nitrogens with one attached hydrogen (secondary N) is 4. The number of rotatable bonds is 10. The number of aromatic nitrogens is 4. The van der Waals surface area contributed by atoms with Crippen LogP contribution >= 0.6 is 11.3 Å². The van der Waals surface area contributed by atoms with Crippen molar-refractivity contribution in [3.63, 3.8) is 0 Å². The summed E-state index contributed by atoms with van der Waals surface area (Å²) in [5.74, 6) is 0.955. The molecule has 7 rings (SSSR count). The second-order valence-corrected chi connectivity index (χ2v) is 16.1. The van der Waals surface area contributed by atoms with E-state index in [1.165, 1.54) is 14.2 Å². The zero-order chi connectivity index (χ0) is 39.0. The van der Waals surface area contributed by atoms with Crippen LogP contribution in [0.15, 0.2) is 48.8 Å². The molecule has 4 unspecified atom stereocenters. The second-order valence-electron chi connectivity index (χ2n) is 15.0. The molecule has 3 aromatic heterocycles. The van der Waals surface area contributed by atoms with Gasteiger partial charge in [-0.2, -0.15) is 0 Å². The van der Waals surface area contributed by atoms with Gasteiger partial charge in [-0.25, -0.2) is 19.6 Å². The minimum atomic E-state index is -0.692. The van der Waals surface area contributed by atoms with Gasteiger partial charge >= 0.3 is 12.2 Å². The molecule has 0 aliphatic carbocycles. The van der Waals surface area contributed by atoms with Crippen LogP contribution in [-0.2, 0) is 19.1 Å². The van der Waals surface area contributed by atoms with Gasteiger partial charge in [0.15, 0.2) is 0 Å². The fraction of sp³-hybridized carbons (Fsp3) is 0.450. The normalized spacial score (nSPS) is 18.3. The van der Waals surface area contributed by atoms with E-state index in [1.54, 1.807) is 11.3 Å². The summed E-state index contributed by atoms with van der Waals surface area (Å²) < 4.78 is 11.8. The summed E-state index contributed by atoms with van der Waals surface area (Å²) >= 11 is 1.71. The molecule has 5 heterocycles. The Morgan fingerprint density at radius 2 is 1.13 bits per heavy atom. The number of carbonyl (C=O) groups is 4. The molecule has 0 radical (unpaired) electrons. The van der Waals surface area contributed by atoms with Gasteiger partial charge in [0, 0.05) is 44.4 Å². The summed E-state index contributed by atoms with van der Waals surface area (Å²) in [6.45, 7) is 8.80. The molecule has 0 spiro atoms. The van der Waals surface area contributed by atoms with Crippen molar-refractivity contribution < 1.29 is 28.7 Å². The lowest BCUT2D eigenvalue weighted by atomic mass is 10.0. The van der Waals surface area contributed by atoms with Gasteiger partial charge in [0.2, 0.25) is 11.8 Å². The molecule has 2 aromatic carbocycles. The van der Waals surface area contributed by atoms with Crippen molar-refractivity contribution in [1.29, 1.82) is 0 Å². The van der Waals surface area contributed by atoms with Crippen molar-refractivity contribution >= 4 is 55.5 Å². The molecule has 4 N–H and O–H groups in total. The van der Waals surface area contributed by atoms with Crippen molar-refractivity contribution in [2.75, 3.05) is 27.3 Å². The number of fused-ring (bicyclic) bond motifs is 3. The lowest BCUT2D eigenvalue weighted by molar-refractivity contribution is -0.136. The van der Waals surface area contributed by atoms with Crippen LogP contribution < -0.4 is 10.6 Å². The van der Waals surface area contributed by atoms with E-state index >= 15 is 0 Å². The van der Waals surface area contributed by atoms with Gasteiger partial charge < -0.3 is 39.9 Å². The van der Waals surface area contributed by atoms with Crippen LogP contribution in [0.5, 0.6) is 0 Å². The summed E-state index contributed by atoms with van der Waals surface area (Å²) in [7, 11) is 2.58. The molecule has 14 nitrogen and oxygen atoms in total. The summed E-state index contributed by atoms with van der Waals surface area (Å²) in [5, 5.41) is 7.72. The third-order valence-electron chi connectivity index (χ3n) is 10.8. The largest absolute Gasteiger partial charge is 0.453 e. The maximum Gasteiger partial charge on any atom is 0.407 e. The van der Waals surface area contributed by atoms with Crippen molar-refractivity contribution in [3.8, 4) is 22.5 Å². The van der Waals surface area contributed by atoms with Gasteiger partial charge in [-0.05, 0) is 49.7 Å². The van der Waals surface area contributed by atoms with E-state index in [9.17, 15) is 19.2 Å². The molecular formula is C40H48N8O6S. The minimum Gasteiger partial charge on any atom is -0.453 e. The smallest absolute Gasteiger partial charge is 0.407 e. The van der Waals surface area contributed by atoms with Gasteiger partial charge in [-0.1, -0.05) is 52.0 Å². The highest BCUT2D eigenvalue weighted by atomic mass is 32.1. The zero-order valence-electron chi connectivity index (χ0n) is 32.0. The first kappa shape index (κ1) is 37.9. The maximum atomic E-state index is 13.6. The Morgan fingerprint density at radius 1 is 0.709 bits per heavy atom. The van der Waals surface area contributed by atoms with Crippen LogP contribution in [-0.4, -0.2) is 93.1 Å². The van der Waals surface area contributed by atoms with Gasteiger partial charge in [-0.15, -0.1) is 11.3 Å². The number of carbonyl (C=O) groups excluding carboxylic acids is 4. The minimum absolute atomic E-state index is 0.108. The van der Waals surface area contributed by atoms with Crippen molar-refractivity contribution in [2.45, 2.75) is 77.5 Å². The number of methoxy groups -OCH3 is 2. The van der Waals surface area contributed by atoms with E-state index in [2.05, 4.69) is 57.0 Å². The number of thiophene rings is 1. The summed E-state index contributed by atoms with van der Waals surface area (Å²) in [4.78, 5) is 71.2. The van der Waals surface area contributed by atoms with Gasteiger partial charge in [0.05, 0.1) is 50.1 Å². The fourth-order valence-electron chi connectivity index (χ4n) is 7.80. The molecule has 15 heteroatoms. The number of ether oxygens (including phenoxy) is 2. The molecule has 290 valence electrons. The quantitative estimate of drug-likeness (QED) is 0.118. The number of alkyl carbamates (subject to hydrolysis) is 2. The molecule has 2 aliphatic heterocycles. The maximum absolute atomic E-state index is 13.6. The first-order chi connectivity index (χ1) is 26.5. The van der Waals surface area contributed by atoms with Crippen molar-refractivity contribution in [1.82, 2.24) is 40.4 Å². The molecule has 4 amide bonds. The SMILES string of the molecule is COC(=O)NC(C(=O)N1CCCC1c1ncc(-c2ccc3c(c2)sc2cc(-c4cnc(C5CCCN5C(=O)C(NC(=O)OC)C(C)C)[nH]4)ccc23)[nH]1)C(C)C. The number of amides is 4. The molecule has 5 aromatic rings. The predicted octanol–water partition coefficient (Wildman–Crippen LogP) is 6.92. The molecule has 0 saturated carbocycles. The van der Waals surface area contributed by atoms with Crippen molar-refractivity contribution in [2.24, 2.45) is 11.8 Å². The average Bonchev–Trinajstić information content (AvgIpc) is 4.02. The Kier molecular flexibility index (Phi) is 10.8. The number of aromatic amines is 2. The van der Waals surface area contributed by atoms with E-state index in [0.717, 1.165) is 80.0 Å². The Morgan fingerprint density at radius 3 is 1.51 bits per heavy atom. The standard InChI is InChI=1S/C40H48N8O6S/c1-21(2)33(45-39(51)53-5)37(49)47-15-7-9-29(47)35-41-19-27(43-35)23-11-13-25-26-14-12-24(18-32(26)55-31(25)17-23)28-20-42-36(44-28)30-10-8-16-48(30)38(50)34(22(3)4)46-40(52)54-6/h11-14,17-22,29-30,33-34H,7-10,15-16H2,1-6H3,(H,41,43)(H,42,44)(H,45,51)(H,46,52). The molecule has 4 atom stereocenters. The van der Waals surface area contributed by atoms with Crippen LogP contribution in [0.1, 0.15) is 77.1 Å². The number of likely N-dealkylation sites (tertiary alicyclic amines) is 2. The lowest BCUT2D eigenvalue weighted by Crippen LogP contribution is -2.51. The Bertz CT molecular complexity index is 2070.